The standard InChI is InChI=1S/C23H23ClN2O6S/c1-3-31-19-10-6-17(7-11-19)26-33(28,29)20-12-13-22(21(24)14-20)32-15-23(27)25-16-4-8-18(30-2)9-5-16/h4-14,26H,3,15H2,1-2H3,(H,25,27). The van der Waals surface area contributed by atoms with Crippen molar-refractivity contribution in [3.8, 4) is 17.2 Å². The van der Waals surface area contributed by atoms with Gasteiger partial charge in [-0.05, 0) is 73.7 Å². The molecule has 3 aromatic carbocycles. The number of amides is 1. The molecule has 0 unspecified atom stereocenters. The lowest BCUT2D eigenvalue weighted by Gasteiger charge is -2.12. The molecule has 0 saturated carbocycles. The fourth-order valence-electron chi connectivity index (χ4n) is 2.78. The van der Waals surface area contributed by atoms with Gasteiger partial charge in [-0.3, -0.25) is 9.52 Å². The van der Waals surface area contributed by atoms with Gasteiger partial charge in [-0.2, -0.15) is 0 Å². The summed E-state index contributed by atoms with van der Waals surface area (Å²) in [6.45, 7) is 2.07. The maximum absolute atomic E-state index is 12.7. The lowest BCUT2D eigenvalue weighted by molar-refractivity contribution is -0.118. The van der Waals surface area contributed by atoms with E-state index < -0.39 is 15.9 Å². The molecule has 0 heterocycles. The molecule has 0 aliphatic carbocycles. The van der Waals surface area contributed by atoms with Gasteiger partial charge in [0.25, 0.3) is 15.9 Å². The van der Waals surface area contributed by atoms with Crippen LogP contribution in [0.3, 0.4) is 0 Å². The molecule has 10 heteroatoms. The number of anilines is 2. The number of carbonyl (C=O) groups is 1. The van der Waals surface area contributed by atoms with Crippen LogP contribution < -0.4 is 24.2 Å². The maximum atomic E-state index is 12.7. The van der Waals surface area contributed by atoms with Crippen molar-refractivity contribution in [3.63, 3.8) is 0 Å². The molecule has 0 aliphatic heterocycles. The Balaban J connectivity index is 1.60. The predicted octanol–water partition coefficient (Wildman–Crippen LogP) is 4.57. The number of halogens is 1. The summed E-state index contributed by atoms with van der Waals surface area (Å²) in [5.74, 6) is 1.09. The topological polar surface area (TPSA) is 103 Å². The van der Waals surface area contributed by atoms with Crippen molar-refractivity contribution in [3.05, 3.63) is 71.8 Å². The second kappa shape index (κ2) is 10.9. The zero-order valence-electron chi connectivity index (χ0n) is 18.0. The molecule has 8 nitrogen and oxygen atoms in total. The number of carbonyl (C=O) groups excluding carboxylic acids is 1. The summed E-state index contributed by atoms with van der Waals surface area (Å²) in [7, 11) is -2.32. The van der Waals surface area contributed by atoms with Crippen LogP contribution in [0.25, 0.3) is 0 Å². The number of nitrogens with one attached hydrogen (secondary N) is 2. The summed E-state index contributed by atoms with van der Waals surface area (Å²) >= 11 is 6.19. The molecular formula is C23H23ClN2O6S. The number of methoxy groups -OCH3 is 1. The molecule has 2 N–H and O–H groups in total. The number of ether oxygens (including phenoxy) is 3. The first-order chi connectivity index (χ1) is 15.8. The number of sulfonamides is 1. The third kappa shape index (κ3) is 6.77. The van der Waals surface area contributed by atoms with Crippen molar-refractivity contribution in [2.45, 2.75) is 11.8 Å². The molecule has 33 heavy (non-hydrogen) atoms. The summed E-state index contributed by atoms with van der Waals surface area (Å²) in [6, 6.07) is 17.4. The van der Waals surface area contributed by atoms with Gasteiger partial charge in [-0.15, -0.1) is 0 Å². The summed E-state index contributed by atoms with van der Waals surface area (Å²) in [6.07, 6.45) is 0. The van der Waals surface area contributed by atoms with Gasteiger partial charge in [0.2, 0.25) is 0 Å². The van der Waals surface area contributed by atoms with Crippen molar-refractivity contribution < 1.29 is 27.4 Å². The lowest BCUT2D eigenvalue weighted by atomic mass is 10.3. The molecular weight excluding hydrogens is 468 g/mol. The van der Waals surface area contributed by atoms with Crippen molar-refractivity contribution >= 4 is 38.9 Å². The van der Waals surface area contributed by atoms with Crippen LogP contribution in [0.5, 0.6) is 17.2 Å². The van der Waals surface area contributed by atoms with Crippen LogP contribution in [0.2, 0.25) is 5.02 Å². The molecule has 1 amide bonds. The van der Waals surface area contributed by atoms with E-state index in [1.54, 1.807) is 55.6 Å². The zero-order valence-corrected chi connectivity index (χ0v) is 19.6. The predicted molar refractivity (Wildman–Crippen MR) is 127 cm³/mol. The van der Waals surface area contributed by atoms with Crippen molar-refractivity contribution in [2.75, 3.05) is 30.4 Å². The van der Waals surface area contributed by atoms with Crippen LogP contribution >= 0.6 is 11.6 Å². The van der Waals surface area contributed by atoms with E-state index >= 15 is 0 Å². The second-order valence-corrected chi connectivity index (χ2v) is 8.81. The number of rotatable bonds is 10. The second-order valence-electron chi connectivity index (χ2n) is 6.72. The number of benzene rings is 3. The third-order valence-electron chi connectivity index (χ3n) is 4.36. The van der Waals surface area contributed by atoms with E-state index in [1.165, 1.54) is 18.2 Å². The first kappa shape index (κ1) is 24.2. The SMILES string of the molecule is CCOc1ccc(NS(=O)(=O)c2ccc(OCC(=O)Nc3ccc(OC)cc3)c(Cl)c2)cc1. The normalized spacial score (nSPS) is 10.9. The summed E-state index contributed by atoms with van der Waals surface area (Å²) in [5, 5.41) is 2.74. The van der Waals surface area contributed by atoms with E-state index in [2.05, 4.69) is 10.0 Å². The average Bonchev–Trinajstić information content (AvgIpc) is 2.80. The molecule has 0 aliphatic rings. The van der Waals surface area contributed by atoms with Gasteiger partial charge in [-0.25, -0.2) is 8.42 Å². The number of hydrogen-bond acceptors (Lipinski definition) is 6. The Morgan fingerprint density at radius 3 is 2.15 bits per heavy atom. The minimum atomic E-state index is -3.88. The minimum Gasteiger partial charge on any atom is -0.497 e. The molecule has 0 spiro atoms. The highest BCUT2D eigenvalue weighted by molar-refractivity contribution is 7.92. The van der Waals surface area contributed by atoms with E-state index in [0.29, 0.717) is 29.5 Å². The Hall–Kier alpha value is -3.43. The van der Waals surface area contributed by atoms with Crippen LogP contribution in [-0.4, -0.2) is 34.6 Å². The Kier molecular flexibility index (Phi) is 8.02. The Morgan fingerprint density at radius 1 is 0.909 bits per heavy atom. The van der Waals surface area contributed by atoms with Crippen molar-refractivity contribution in [2.24, 2.45) is 0 Å². The summed E-state index contributed by atoms with van der Waals surface area (Å²) in [5.41, 5.74) is 0.961. The van der Waals surface area contributed by atoms with Gasteiger partial charge in [0, 0.05) is 11.4 Å². The molecule has 3 rings (SSSR count). The van der Waals surface area contributed by atoms with Crippen LogP contribution in [0, 0.1) is 0 Å². The summed E-state index contributed by atoms with van der Waals surface area (Å²) < 4.78 is 43.7. The van der Waals surface area contributed by atoms with Gasteiger partial charge < -0.3 is 19.5 Å². The molecule has 174 valence electrons. The third-order valence-corrected chi connectivity index (χ3v) is 6.04. The van der Waals surface area contributed by atoms with E-state index in [1.807, 2.05) is 6.92 Å². The summed E-state index contributed by atoms with van der Waals surface area (Å²) in [4.78, 5) is 12.1. The average molecular weight is 491 g/mol. The molecule has 0 saturated heterocycles. The van der Waals surface area contributed by atoms with E-state index in [-0.39, 0.29) is 22.3 Å². The van der Waals surface area contributed by atoms with Gasteiger partial charge >= 0.3 is 0 Å². The first-order valence-corrected chi connectivity index (χ1v) is 11.8. The fraction of sp³-hybridized carbons (Fsp3) is 0.174. The molecule has 0 bridgehead atoms. The van der Waals surface area contributed by atoms with Crippen LogP contribution in [0.4, 0.5) is 11.4 Å². The Labute approximate surface area is 197 Å². The number of hydrogen-bond donors (Lipinski definition) is 2. The quantitative estimate of drug-likeness (QED) is 0.431. The van der Waals surface area contributed by atoms with Gasteiger partial charge in [0.05, 0.1) is 23.6 Å². The largest absolute Gasteiger partial charge is 0.497 e. The first-order valence-electron chi connectivity index (χ1n) is 9.92. The van der Waals surface area contributed by atoms with Crippen LogP contribution in [0.15, 0.2) is 71.6 Å². The Bertz CT molecular complexity index is 1200. The molecule has 3 aromatic rings. The van der Waals surface area contributed by atoms with E-state index in [4.69, 9.17) is 25.8 Å². The fourth-order valence-corrected chi connectivity index (χ4v) is 4.16. The van der Waals surface area contributed by atoms with Gasteiger partial charge in [-0.1, -0.05) is 11.6 Å². The Morgan fingerprint density at radius 2 is 1.55 bits per heavy atom. The highest BCUT2D eigenvalue weighted by Gasteiger charge is 2.17. The van der Waals surface area contributed by atoms with Gasteiger partial charge in [0.15, 0.2) is 6.61 Å². The maximum Gasteiger partial charge on any atom is 0.262 e. The van der Waals surface area contributed by atoms with Crippen molar-refractivity contribution in [1.82, 2.24) is 0 Å². The van der Waals surface area contributed by atoms with Crippen LogP contribution in [0.1, 0.15) is 6.92 Å². The molecule has 0 radical (unpaired) electrons. The lowest BCUT2D eigenvalue weighted by Crippen LogP contribution is -2.20. The smallest absolute Gasteiger partial charge is 0.262 e. The monoisotopic (exact) mass is 490 g/mol. The highest BCUT2D eigenvalue weighted by Crippen LogP contribution is 2.28. The molecule has 0 fully saturated rings. The van der Waals surface area contributed by atoms with Crippen molar-refractivity contribution in [1.29, 1.82) is 0 Å². The van der Waals surface area contributed by atoms with Crippen LogP contribution in [-0.2, 0) is 14.8 Å². The molecule has 0 atom stereocenters. The molecule has 0 aromatic heterocycles. The zero-order chi connectivity index (χ0) is 23.8. The highest BCUT2D eigenvalue weighted by atomic mass is 35.5. The van der Waals surface area contributed by atoms with Gasteiger partial charge in [0.1, 0.15) is 17.2 Å². The minimum absolute atomic E-state index is 0.0450. The van der Waals surface area contributed by atoms with E-state index in [0.717, 1.165) is 0 Å². The van der Waals surface area contributed by atoms with E-state index in [9.17, 15) is 13.2 Å².